The van der Waals surface area contributed by atoms with E-state index in [1.54, 1.807) is 0 Å². The van der Waals surface area contributed by atoms with Gasteiger partial charge < -0.3 is 4.43 Å². The zero-order valence-corrected chi connectivity index (χ0v) is 11.8. The van der Waals surface area contributed by atoms with Crippen molar-refractivity contribution in [3.05, 3.63) is 0 Å². The highest BCUT2D eigenvalue weighted by Gasteiger charge is 2.32. The van der Waals surface area contributed by atoms with E-state index in [9.17, 15) is 0 Å². The molecule has 0 saturated heterocycles. The van der Waals surface area contributed by atoms with Crippen molar-refractivity contribution in [1.29, 1.82) is 0 Å². The second-order valence-corrected chi connectivity index (χ2v) is 4.33. The van der Waals surface area contributed by atoms with Gasteiger partial charge in [0.25, 0.3) is 0 Å². The molecule has 0 aromatic carbocycles. The summed E-state index contributed by atoms with van der Waals surface area (Å²) in [5.41, 5.74) is 0. The van der Waals surface area contributed by atoms with Gasteiger partial charge in [0.15, 0.2) is 5.85 Å². The molecular formula is C9H24N2OSi. The molecule has 1 atom stereocenters. The van der Waals surface area contributed by atoms with Crippen molar-refractivity contribution < 1.29 is 4.43 Å². The van der Waals surface area contributed by atoms with Gasteiger partial charge in [0, 0.05) is 12.0 Å². The molecule has 0 aromatic rings. The fourth-order valence-corrected chi connectivity index (χ4v) is 2.21. The summed E-state index contributed by atoms with van der Waals surface area (Å²) < 4.78 is 5.67. The van der Waals surface area contributed by atoms with Gasteiger partial charge in [-0.05, 0) is 20.4 Å². The van der Waals surface area contributed by atoms with Crippen LogP contribution in [0.25, 0.3) is 0 Å². The highest BCUT2D eigenvalue weighted by molar-refractivity contribution is 5.98. The predicted molar refractivity (Wildman–Crippen MR) is 60.5 cm³/mol. The lowest BCUT2D eigenvalue weighted by molar-refractivity contribution is -0.0426. The summed E-state index contributed by atoms with van der Waals surface area (Å²) in [5.74, 6) is 0.0992. The first kappa shape index (κ1) is 13.1. The van der Waals surface area contributed by atoms with Crippen molar-refractivity contribution in [3.8, 4) is 0 Å². The minimum Gasteiger partial charge on any atom is -0.399 e. The van der Waals surface area contributed by atoms with E-state index < -0.39 is 0 Å². The van der Waals surface area contributed by atoms with Gasteiger partial charge in [0.1, 0.15) is 10.5 Å². The number of hydrogen-bond donors (Lipinski definition) is 2. The molecule has 13 heavy (non-hydrogen) atoms. The van der Waals surface area contributed by atoms with E-state index >= 15 is 0 Å². The van der Waals surface area contributed by atoms with Crippen LogP contribution in [0.3, 0.4) is 0 Å². The van der Waals surface area contributed by atoms with Gasteiger partial charge in [-0.25, -0.2) is 0 Å². The first-order valence-electron chi connectivity index (χ1n) is 5.06. The van der Waals surface area contributed by atoms with Gasteiger partial charge in [0.05, 0.1) is 0 Å². The Morgan fingerprint density at radius 1 is 1.31 bits per heavy atom. The molecule has 80 valence electrons. The highest BCUT2D eigenvalue weighted by Crippen LogP contribution is 2.14. The van der Waals surface area contributed by atoms with Crippen molar-refractivity contribution in [2.24, 2.45) is 5.92 Å². The first-order valence-corrected chi connectivity index (χ1v) is 5.88. The molecular weight excluding hydrogens is 180 g/mol. The van der Waals surface area contributed by atoms with Gasteiger partial charge in [0.2, 0.25) is 0 Å². The number of rotatable bonds is 6. The molecule has 0 aliphatic rings. The van der Waals surface area contributed by atoms with Crippen LogP contribution >= 0.6 is 0 Å². The van der Waals surface area contributed by atoms with E-state index in [1.807, 2.05) is 0 Å². The monoisotopic (exact) mass is 204 g/mol. The third kappa shape index (κ3) is 3.77. The van der Waals surface area contributed by atoms with Crippen LogP contribution in [-0.4, -0.2) is 28.9 Å². The van der Waals surface area contributed by atoms with E-state index in [0.717, 1.165) is 17.0 Å². The molecule has 0 amide bonds. The number of nitrogens with one attached hydrogen (secondary N) is 2. The summed E-state index contributed by atoms with van der Waals surface area (Å²) >= 11 is 0. The van der Waals surface area contributed by atoms with Gasteiger partial charge in [-0.2, -0.15) is 0 Å². The molecule has 0 spiro atoms. The van der Waals surface area contributed by atoms with Crippen LogP contribution in [0.4, 0.5) is 0 Å². The molecule has 3 nitrogen and oxygen atoms in total. The molecule has 0 saturated carbocycles. The summed E-state index contributed by atoms with van der Waals surface area (Å²) in [6, 6.07) is 0.426. The summed E-state index contributed by atoms with van der Waals surface area (Å²) in [4.78, 5) is 0. The van der Waals surface area contributed by atoms with Gasteiger partial charge in [-0.1, -0.05) is 20.8 Å². The van der Waals surface area contributed by atoms with Crippen molar-refractivity contribution in [2.45, 2.75) is 46.5 Å². The molecule has 0 fully saturated rings. The first-order chi connectivity index (χ1) is 5.98. The van der Waals surface area contributed by atoms with Gasteiger partial charge >= 0.3 is 0 Å². The molecule has 0 aliphatic carbocycles. The predicted octanol–water partition coefficient (Wildman–Crippen LogP) is 0.201. The Morgan fingerprint density at radius 2 is 1.85 bits per heavy atom. The summed E-state index contributed by atoms with van der Waals surface area (Å²) in [5, 5.41) is 6.82. The summed E-state index contributed by atoms with van der Waals surface area (Å²) in [7, 11) is 0.739. The second-order valence-electron chi connectivity index (χ2n) is 3.92. The van der Waals surface area contributed by atoms with Gasteiger partial charge in [-0.15, -0.1) is 0 Å². The minimum atomic E-state index is -0.324. The average Bonchev–Trinajstić information content (AvgIpc) is 2.02. The molecule has 1 unspecified atom stereocenters. The van der Waals surface area contributed by atoms with E-state index in [2.05, 4.69) is 45.3 Å². The Labute approximate surface area is 85.2 Å². The average molecular weight is 204 g/mol. The van der Waals surface area contributed by atoms with Crippen LogP contribution in [0, 0.1) is 5.92 Å². The molecule has 0 radical (unpaired) electrons. The maximum Gasteiger partial charge on any atom is 0.166 e. The van der Waals surface area contributed by atoms with E-state index in [1.165, 1.54) is 0 Å². The van der Waals surface area contributed by atoms with Crippen LogP contribution in [0.1, 0.15) is 34.6 Å². The summed E-state index contributed by atoms with van der Waals surface area (Å²) in [6.45, 7) is 11.6. The summed E-state index contributed by atoms with van der Waals surface area (Å²) in [6.07, 6.45) is 0. The van der Waals surface area contributed by atoms with Crippen LogP contribution in [0.5, 0.6) is 0 Å². The fraction of sp³-hybridized carbons (Fsp3) is 1.00. The smallest absolute Gasteiger partial charge is 0.166 e. The SMILES string of the molecule is CCNC(NC(C)C)(O[SiH3])C(C)C. The minimum absolute atomic E-state index is 0.324. The maximum absolute atomic E-state index is 5.67. The molecule has 2 N–H and O–H groups in total. The normalized spacial score (nSPS) is 16.8. The standard InChI is InChI=1S/C9H24N2OSi/c1-6-10-9(12-13,7(2)3)11-8(4)5/h7-8,10-11H,6H2,1-5,13H3. The fourth-order valence-electron chi connectivity index (χ4n) is 1.48. The molecule has 0 heterocycles. The van der Waals surface area contributed by atoms with Crippen molar-refractivity contribution in [1.82, 2.24) is 10.6 Å². The molecule has 0 aromatic heterocycles. The largest absolute Gasteiger partial charge is 0.399 e. The van der Waals surface area contributed by atoms with Crippen molar-refractivity contribution >= 4 is 10.5 Å². The van der Waals surface area contributed by atoms with Crippen molar-refractivity contribution in [2.75, 3.05) is 6.54 Å². The lowest BCUT2D eigenvalue weighted by Crippen LogP contribution is -2.63. The zero-order valence-electron chi connectivity index (χ0n) is 9.77. The Balaban J connectivity index is 4.44. The number of hydrogen-bond acceptors (Lipinski definition) is 3. The molecule has 0 aliphatic heterocycles. The van der Waals surface area contributed by atoms with E-state index in [4.69, 9.17) is 4.43 Å². The lowest BCUT2D eigenvalue weighted by atomic mass is 10.1. The third-order valence-electron chi connectivity index (χ3n) is 2.08. The Hall–Kier alpha value is 0.0969. The topological polar surface area (TPSA) is 33.3 Å². The highest BCUT2D eigenvalue weighted by atomic mass is 28.2. The van der Waals surface area contributed by atoms with E-state index in [0.29, 0.717) is 12.0 Å². The maximum atomic E-state index is 5.67. The van der Waals surface area contributed by atoms with Crippen LogP contribution in [0.15, 0.2) is 0 Å². The van der Waals surface area contributed by atoms with Crippen LogP contribution < -0.4 is 10.6 Å². The third-order valence-corrected chi connectivity index (χ3v) is 2.72. The Bertz CT molecular complexity index is 142. The Morgan fingerprint density at radius 3 is 2.08 bits per heavy atom. The van der Waals surface area contributed by atoms with Gasteiger partial charge in [-0.3, -0.25) is 10.6 Å². The quantitative estimate of drug-likeness (QED) is 0.479. The molecule has 0 bridgehead atoms. The zero-order chi connectivity index (χ0) is 10.5. The lowest BCUT2D eigenvalue weighted by Gasteiger charge is -2.40. The molecule has 4 heteroatoms. The van der Waals surface area contributed by atoms with Crippen LogP contribution in [0.2, 0.25) is 0 Å². The Kier molecular flexibility index (Phi) is 5.79. The van der Waals surface area contributed by atoms with E-state index in [-0.39, 0.29) is 5.85 Å². The van der Waals surface area contributed by atoms with Crippen molar-refractivity contribution in [3.63, 3.8) is 0 Å². The van der Waals surface area contributed by atoms with Crippen LogP contribution in [-0.2, 0) is 4.43 Å². The molecule has 0 rings (SSSR count). The second kappa shape index (κ2) is 5.75.